The van der Waals surface area contributed by atoms with E-state index in [-0.39, 0.29) is 6.10 Å². The lowest BCUT2D eigenvalue weighted by molar-refractivity contribution is -0.00152. The standard InChI is InChI=1S/C12H18O3/c1-4-15-11-7-5-6-10(8-11)12(13)9(2)14-3/h5-9,12-13H,4H2,1-3H3. The first-order valence-corrected chi connectivity index (χ1v) is 5.12. The molecule has 1 N–H and O–H groups in total. The van der Waals surface area contributed by atoms with E-state index in [0.717, 1.165) is 11.3 Å². The molecule has 84 valence electrons. The highest BCUT2D eigenvalue weighted by atomic mass is 16.5. The van der Waals surface area contributed by atoms with Gasteiger partial charge >= 0.3 is 0 Å². The topological polar surface area (TPSA) is 38.7 Å². The second-order valence-corrected chi connectivity index (χ2v) is 3.39. The zero-order valence-electron chi connectivity index (χ0n) is 9.43. The minimum absolute atomic E-state index is 0.220. The molecule has 0 aliphatic carbocycles. The van der Waals surface area contributed by atoms with E-state index >= 15 is 0 Å². The minimum atomic E-state index is -0.615. The van der Waals surface area contributed by atoms with Crippen LogP contribution in [0.25, 0.3) is 0 Å². The summed E-state index contributed by atoms with van der Waals surface area (Å²) < 4.78 is 10.4. The van der Waals surface area contributed by atoms with Gasteiger partial charge in [0.25, 0.3) is 0 Å². The van der Waals surface area contributed by atoms with Gasteiger partial charge in [0, 0.05) is 7.11 Å². The fourth-order valence-corrected chi connectivity index (χ4v) is 1.35. The van der Waals surface area contributed by atoms with Crippen LogP contribution in [0, 0.1) is 0 Å². The average Bonchev–Trinajstić information content (AvgIpc) is 2.28. The quantitative estimate of drug-likeness (QED) is 0.809. The Balaban J connectivity index is 2.80. The first-order valence-electron chi connectivity index (χ1n) is 5.12. The maximum atomic E-state index is 9.90. The Morgan fingerprint density at radius 2 is 2.13 bits per heavy atom. The first-order chi connectivity index (χ1) is 7.19. The molecule has 0 amide bonds. The number of aliphatic hydroxyl groups excluding tert-OH is 1. The van der Waals surface area contributed by atoms with E-state index in [2.05, 4.69) is 0 Å². The number of hydrogen-bond donors (Lipinski definition) is 1. The smallest absolute Gasteiger partial charge is 0.119 e. The van der Waals surface area contributed by atoms with Crippen molar-refractivity contribution in [1.82, 2.24) is 0 Å². The molecule has 0 aromatic heterocycles. The first kappa shape index (κ1) is 12.0. The Labute approximate surface area is 90.6 Å². The maximum Gasteiger partial charge on any atom is 0.119 e. The number of methoxy groups -OCH3 is 1. The van der Waals surface area contributed by atoms with E-state index in [1.165, 1.54) is 0 Å². The second-order valence-electron chi connectivity index (χ2n) is 3.39. The highest BCUT2D eigenvalue weighted by Gasteiger charge is 2.15. The molecular formula is C12H18O3. The van der Waals surface area contributed by atoms with E-state index in [4.69, 9.17) is 9.47 Å². The third kappa shape index (κ3) is 3.22. The van der Waals surface area contributed by atoms with E-state index in [1.54, 1.807) is 7.11 Å². The molecule has 0 saturated carbocycles. The van der Waals surface area contributed by atoms with Gasteiger partial charge in [-0.2, -0.15) is 0 Å². The number of aliphatic hydroxyl groups is 1. The summed E-state index contributed by atoms with van der Waals surface area (Å²) in [4.78, 5) is 0. The summed E-state index contributed by atoms with van der Waals surface area (Å²) in [5, 5.41) is 9.90. The van der Waals surface area contributed by atoms with Crippen LogP contribution in [0.2, 0.25) is 0 Å². The molecule has 0 heterocycles. The van der Waals surface area contributed by atoms with Gasteiger partial charge < -0.3 is 14.6 Å². The van der Waals surface area contributed by atoms with Crippen LogP contribution in [0.15, 0.2) is 24.3 Å². The van der Waals surface area contributed by atoms with Crippen molar-refractivity contribution in [2.75, 3.05) is 13.7 Å². The van der Waals surface area contributed by atoms with E-state index < -0.39 is 6.10 Å². The Hall–Kier alpha value is -1.06. The highest BCUT2D eigenvalue weighted by molar-refractivity contribution is 5.30. The average molecular weight is 210 g/mol. The molecule has 0 bridgehead atoms. The van der Waals surface area contributed by atoms with Crippen LogP contribution in [0.4, 0.5) is 0 Å². The summed E-state index contributed by atoms with van der Waals surface area (Å²) in [6.07, 6.45) is -0.836. The van der Waals surface area contributed by atoms with Crippen LogP contribution in [0.5, 0.6) is 5.75 Å². The van der Waals surface area contributed by atoms with Gasteiger partial charge in [-0.3, -0.25) is 0 Å². The van der Waals surface area contributed by atoms with Crippen molar-refractivity contribution in [3.8, 4) is 5.75 Å². The predicted octanol–water partition coefficient (Wildman–Crippen LogP) is 2.15. The second kappa shape index (κ2) is 5.73. The van der Waals surface area contributed by atoms with E-state index in [0.29, 0.717) is 6.61 Å². The molecule has 1 aromatic rings. The Kier molecular flexibility index (Phi) is 4.59. The fraction of sp³-hybridized carbons (Fsp3) is 0.500. The van der Waals surface area contributed by atoms with Gasteiger partial charge in [0.05, 0.1) is 12.7 Å². The van der Waals surface area contributed by atoms with Gasteiger partial charge in [0.1, 0.15) is 11.9 Å². The molecule has 0 saturated heterocycles. The van der Waals surface area contributed by atoms with Gasteiger partial charge in [-0.15, -0.1) is 0 Å². The molecule has 1 aromatic carbocycles. The van der Waals surface area contributed by atoms with Crippen molar-refractivity contribution >= 4 is 0 Å². The molecular weight excluding hydrogens is 192 g/mol. The summed E-state index contributed by atoms with van der Waals surface area (Å²) in [7, 11) is 1.58. The normalized spacial score (nSPS) is 14.7. The van der Waals surface area contributed by atoms with Crippen LogP contribution >= 0.6 is 0 Å². The molecule has 3 heteroatoms. The number of rotatable bonds is 5. The number of benzene rings is 1. The molecule has 2 unspecified atom stereocenters. The predicted molar refractivity (Wildman–Crippen MR) is 59.0 cm³/mol. The molecule has 0 radical (unpaired) electrons. The van der Waals surface area contributed by atoms with Gasteiger partial charge in [-0.05, 0) is 31.5 Å². The van der Waals surface area contributed by atoms with Gasteiger partial charge in [0.15, 0.2) is 0 Å². The zero-order chi connectivity index (χ0) is 11.3. The SMILES string of the molecule is CCOc1cccc(C(O)C(C)OC)c1. The molecule has 3 nitrogen and oxygen atoms in total. The lowest BCUT2D eigenvalue weighted by atomic mass is 10.1. The summed E-state index contributed by atoms with van der Waals surface area (Å²) in [6, 6.07) is 7.44. The summed E-state index contributed by atoms with van der Waals surface area (Å²) in [5.41, 5.74) is 0.815. The Bertz CT molecular complexity index is 299. The van der Waals surface area contributed by atoms with E-state index in [9.17, 15) is 5.11 Å². The van der Waals surface area contributed by atoms with Crippen molar-refractivity contribution in [2.24, 2.45) is 0 Å². The van der Waals surface area contributed by atoms with Crippen molar-refractivity contribution < 1.29 is 14.6 Å². The largest absolute Gasteiger partial charge is 0.494 e. The third-order valence-electron chi connectivity index (χ3n) is 2.33. The van der Waals surface area contributed by atoms with Gasteiger partial charge in [-0.25, -0.2) is 0 Å². The van der Waals surface area contributed by atoms with Gasteiger partial charge in [0.2, 0.25) is 0 Å². The summed E-state index contributed by atoms with van der Waals surface area (Å²) in [5.74, 6) is 0.775. The summed E-state index contributed by atoms with van der Waals surface area (Å²) >= 11 is 0. The van der Waals surface area contributed by atoms with E-state index in [1.807, 2.05) is 38.1 Å². The lowest BCUT2D eigenvalue weighted by Gasteiger charge is -2.18. The van der Waals surface area contributed by atoms with Crippen molar-refractivity contribution in [3.63, 3.8) is 0 Å². The number of ether oxygens (including phenoxy) is 2. The molecule has 0 aliphatic heterocycles. The third-order valence-corrected chi connectivity index (χ3v) is 2.33. The molecule has 1 rings (SSSR count). The monoisotopic (exact) mass is 210 g/mol. The molecule has 0 fully saturated rings. The van der Waals surface area contributed by atoms with Gasteiger partial charge in [-0.1, -0.05) is 12.1 Å². The molecule has 0 aliphatic rings. The molecule has 2 atom stereocenters. The summed E-state index contributed by atoms with van der Waals surface area (Å²) in [6.45, 7) is 4.39. The maximum absolute atomic E-state index is 9.90. The Morgan fingerprint density at radius 3 is 2.73 bits per heavy atom. The molecule has 0 spiro atoms. The number of hydrogen-bond acceptors (Lipinski definition) is 3. The van der Waals surface area contributed by atoms with Crippen LogP contribution in [0.1, 0.15) is 25.5 Å². The van der Waals surface area contributed by atoms with Crippen LogP contribution < -0.4 is 4.74 Å². The lowest BCUT2D eigenvalue weighted by Crippen LogP contribution is -2.16. The van der Waals surface area contributed by atoms with Crippen LogP contribution in [-0.2, 0) is 4.74 Å². The minimum Gasteiger partial charge on any atom is -0.494 e. The van der Waals surface area contributed by atoms with Crippen molar-refractivity contribution in [1.29, 1.82) is 0 Å². The van der Waals surface area contributed by atoms with Crippen molar-refractivity contribution in [3.05, 3.63) is 29.8 Å². The molecule has 15 heavy (non-hydrogen) atoms. The van der Waals surface area contributed by atoms with Crippen molar-refractivity contribution in [2.45, 2.75) is 26.1 Å². The fourth-order valence-electron chi connectivity index (χ4n) is 1.35. The highest BCUT2D eigenvalue weighted by Crippen LogP contribution is 2.22. The zero-order valence-corrected chi connectivity index (χ0v) is 9.43. The van der Waals surface area contributed by atoms with Crippen LogP contribution in [0.3, 0.4) is 0 Å². The Morgan fingerprint density at radius 1 is 1.40 bits per heavy atom. The van der Waals surface area contributed by atoms with Crippen LogP contribution in [-0.4, -0.2) is 24.9 Å².